The minimum absolute atomic E-state index is 0.151. The summed E-state index contributed by atoms with van der Waals surface area (Å²) in [5.74, 6) is 0.701. The first-order valence-electron chi connectivity index (χ1n) is 12.3. The van der Waals surface area contributed by atoms with Gasteiger partial charge in [0.25, 0.3) is 5.70 Å². The molecule has 3 aromatic carbocycles. The van der Waals surface area contributed by atoms with Crippen molar-refractivity contribution in [2.45, 2.75) is 31.3 Å². The Kier molecular flexibility index (Phi) is 5.44. The molecule has 3 aromatic rings. The van der Waals surface area contributed by atoms with E-state index in [0.717, 1.165) is 36.9 Å². The van der Waals surface area contributed by atoms with Crippen LogP contribution in [0.1, 0.15) is 28.7 Å². The second-order valence-electron chi connectivity index (χ2n) is 9.69. The van der Waals surface area contributed by atoms with Crippen LogP contribution < -0.4 is 4.90 Å². The average Bonchev–Trinajstić information content (AvgIpc) is 3.49. The smallest absolute Gasteiger partial charge is 0.265 e. The van der Waals surface area contributed by atoms with Gasteiger partial charge in [-0.2, -0.15) is 0 Å². The average molecular weight is 468 g/mol. The van der Waals surface area contributed by atoms with Gasteiger partial charge in [0.2, 0.25) is 0 Å². The summed E-state index contributed by atoms with van der Waals surface area (Å²) < 4.78 is 6.60. The third-order valence-corrected chi connectivity index (χ3v) is 7.34. The SMILES string of the molecule is [C-]#[N+]/C(C#N)=C1C=C(/C=C/c2ccc3c(c2)CCN3c2ccccc2)OC2(C\1)Cc1ccccc1C2. The minimum Gasteiger partial charge on any atom is -0.486 e. The van der Waals surface area contributed by atoms with Crippen LogP contribution in [0.25, 0.3) is 10.9 Å². The molecule has 0 bridgehead atoms. The molecule has 36 heavy (non-hydrogen) atoms. The Morgan fingerprint density at radius 3 is 2.42 bits per heavy atom. The third kappa shape index (κ3) is 3.98. The summed E-state index contributed by atoms with van der Waals surface area (Å²) in [4.78, 5) is 5.86. The van der Waals surface area contributed by atoms with E-state index in [-0.39, 0.29) is 5.70 Å². The van der Waals surface area contributed by atoms with E-state index in [1.807, 2.05) is 18.2 Å². The van der Waals surface area contributed by atoms with Gasteiger partial charge in [-0.05, 0) is 70.7 Å². The number of ether oxygens (including phenoxy) is 1. The van der Waals surface area contributed by atoms with E-state index in [9.17, 15) is 5.26 Å². The van der Waals surface area contributed by atoms with Crippen molar-refractivity contribution in [3.8, 4) is 6.07 Å². The molecule has 6 rings (SSSR count). The van der Waals surface area contributed by atoms with Crippen molar-refractivity contribution in [2.75, 3.05) is 11.4 Å². The molecule has 0 unspecified atom stereocenters. The van der Waals surface area contributed by atoms with Gasteiger partial charge in [-0.15, -0.1) is 0 Å². The molecule has 1 aliphatic carbocycles. The molecule has 0 aromatic heterocycles. The van der Waals surface area contributed by atoms with Crippen molar-refractivity contribution in [2.24, 2.45) is 0 Å². The fourth-order valence-corrected chi connectivity index (χ4v) is 5.72. The number of benzene rings is 3. The first-order valence-corrected chi connectivity index (χ1v) is 12.3. The fourth-order valence-electron chi connectivity index (χ4n) is 5.72. The van der Waals surface area contributed by atoms with E-state index in [2.05, 4.69) is 88.6 Å². The van der Waals surface area contributed by atoms with Crippen LogP contribution in [-0.4, -0.2) is 12.1 Å². The Morgan fingerprint density at radius 2 is 1.69 bits per heavy atom. The van der Waals surface area contributed by atoms with Crippen molar-refractivity contribution in [3.05, 3.63) is 136 Å². The van der Waals surface area contributed by atoms with Crippen LogP contribution in [0.15, 0.2) is 102 Å². The number of allylic oxidation sites excluding steroid dienone is 3. The quantitative estimate of drug-likeness (QED) is 0.310. The normalized spacial score (nSPS) is 18.7. The maximum atomic E-state index is 9.56. The van der Waals surface area contributed by atoms with Crippen LogP contribution in [0.2, 0.25) is 0 Å². The second kappa shape index (κ2) is 8.91. The molecule has 0 saturated heterocycles. The molecule has 4 nitrogen and oxygen atoms in total. The fraction of sp³-hybridized carbons (Fsp3) is 0.188. The number of para-hydroxylation sites is 1. The van der Waals surface area contributed by atoms with Crippen LogP contribution in [0.4, 0.5) is 11.4 Å². The van der Waals surface area contributed by atoms with Crippen LogP contribution in [0, 0.1) is 17.9 Å². The van der Waals surface area contributed by atoms with Crippen molar-refractivity contribution in [3.63, 3.8) is 0 Å². The summed E-state index contributed by atoms with van der Waals surface area (Å²) >= 11 is 0. The third-order valence-electron chi connectivity index (χ3n) is 7.34. The Labute approximate surface area is 211 Å². The van der Waals surface area contributed by atoms with Gasteiger partial charge in [0.1, 0.15) is 11.4 Å². The van der Waals surface area contributed by atoms with Crippen LogP contribution in [-0.2, 0) is 24.0 Å². The summed E-state index contributed by atoms with van der Waals surface area (Å²) in [6.07, 6.45) is 9.06. The van der Waals surface area contributed by atoms with Crippen LogP contribution >= 0.6 is 0 Å². The number of rotatable bonds is 3. The standard InChI is InChI=1S/C32H25N3O/c1-34-30(22-33)27-18-29(36-32(21-27)19-25-7-5-6-8-26(25)20-32)13-11-23-12-14-31-24(17-23)15-16-35(31)28-9-3-2-4-10-28/h2-14,17-18H,15-16,19-21H2/b13-11+,30-27+. The maximum absolute atomic E-state index is 9.56. The number of hydrogen-bond donors (Lipinski definition) is 0. The molecule has 174 valence electrons. The summed E-state index contributed by atoms with van der Waals surface area (Å²) in [5.41, 5.74) is 7.95. The zero-order chi connectivity index (χ0) is 24.5. The molecule has 0 amide bonds. The highest BCUT2D eigenvalue weighted by Gasteiger charge is 2.42. The number of anilines is 2. The zero-order valence-electron chi connectivity index (χ0n) is 19.9. The van der Waals surface area contributed by atoms with Crippen molar-refractivity contribution in [1.82, 2.24) is 0 Å². The minimum atomic E-state index is -0.450. The number of nitrogens with zero attached hydrogens (tertiary/aromatic N) is 3. The van der Waals surface area contributed by atoms with E-state index in [0.29, 0.717) is 12.2 Å². The first kappa shape index (κ1) is 22.0. The van der Waals surface area contributed by atoms with Gasteiger partial charge < -0.3 is 9.64 Å². The lowest BCUT2D eigenvalue weighted by Gasteiger charge is -2.35. The Hall–Kier alpha value is -4.54. The number of hydrogen-bond acceptors (Lipinski definition) is 3. The molecule has 0 fully saturated rings. The van der Waals surface area contributed by atoms with E-state index >= 15 is 0 Å². The maximum Gasteiger partial charge on any atom is 0.265 e. The summed E-state index contributed by atoms with van der Waals surface area (Å²) in [7, 11) is 0. The molecule has 1 spiro atoms. The molecule has 0 saturated carbocycles. The van der Waals surface area contributed by atoms with Gasteiger partial charge in [0.15, 0.2) is 0 Å². The summed E-state index contributed by atoms with van der Waals surface area (Å²) in [5, 5.41) is 9.56. The summed E-state index contributed by atoms with van der Waals surface area (Å²) in [6.45, 7) is 8.47. The Morgan fingerprint density at radius 1 is 0.944 bits per heavy atom. The molecule has 2 aliphatic heterocycles. The second-order valence-corrected chi connectivity index (χ2v) is 9.69. The van der Waals surface area contributed by atoms with Crippen LogP contribution in [0.5, 0.6) is 0 Å². The predicted molar refractivity (Wildman–Crippen MR) is 142 cm³/mol. The van der Waals surface area contributed by atoms with Crippen molar-refractivity contribution < 1.29 is 4.74 Å². The van der Waals surface area contributed by atoms with E-state index in [1.165, 1.54) is 28.1 Å². The monoisotopic (exact) mass is 467 g/mol. The van der Waals surface area contributed by atoms with Crippen LogP contribution in [0.3, 0.4) is 0 Å². The highest BCUT2D eigenvalue weighted by atomic mass is 16.5. The predicted octanol–water partition coefficient (Wildman–Crippen LogP) is 6.93. The highest BCUT2D eigenvalue weighted by Crippen LogP contribution is 2.43. The van der Waals surface area contributed by atoms with Gasteiger partial charge in [-0.25, -0.2) is 10.1 Å². The molecule has 0 atom stereocenters. The lowest BCUT2D eigenvalue weighted by atomic mass is 9.87. The van der Waals surface area contributed by atoms with Gasteiger partial charge >= 0.3 is 0 Å². The van der Waals surface area contributed by atoms with Gasteiger partial charge in [-0.3, -0.25) is 0 Å². The van der Waals surface area contributed by atoms with Gasteiger partial charge in [0, 0.05) is 37.2 Å². The number of nitriles is 1. The highest BCUT2D eigenvalue weighted by molar-refractivity contribution is 5.72. The van der Waals surface area contributed by atoms with E-state index < -0.39 is 5.60 Å². The van der Waals surface area contributed by atoms with E-state index in [1.54, 1.807) is 0 Å². The Balaban J connectivity index is 1.29. The summed E-state index contributed by atoms with van der Waals surface area (Å²) in [6, 6.07) is 27.6. The molecular formula is C32H25N3O. The lowest BCUT2D eigenvalue weighted by Crippen LogP contribution is -2.36. The van der Waals surface area contributed by atoms with E-state index in [4.69, 9.17) is 11.3 Å². The van der Waals surface area contributed by atoms with Crippen molar-refractivity contribution in [1.29, 1.82) is 5.26 Å². The lowest BCUT2D eigenvalue weighted by molar-refractivity contribution is 0.0108. The molecule has 4 heteroatoms. The van der Waals surface area contributed by atoms with Crippen molar-refractivity contribution >= 4 is 17.5 Å². The largest absolute Gasteiger partial charge is 0.486 e. The molecule has 3 aliphatic rings. The molecule has 0 radical (unpaired) electrons. The molecule has 2 heterocycles. The number of fused-ring (bicyclic) bond motifs is 2. The Bertz CT molecular complexity index is 1470. The zero-order valence-corrected chi connectivity index (χ0v) is 19.9. The first-order chi connectivity index (χ1) is 17.7. The van der Waals surface area contributed by atoms with Gasteiger partial charge in [0.05, 0.1) is 12.6 Å². The topological polar surface area (TPSA) is 40.6 Å². The molecular weight excluding hydrogens is 442 g/mol. The molecule has 0 N–H and O–H groups in total. The van der Waals surface area contributed by atoms with Gasteiger partial charge in [-0.1, -0.05) is 54.6 Å².